The summed E-state index contributed by atoms with van der Waals surface area (Å²) < 4.78 is 46.0. The van der Waals surface area contributed by atoms with E-state index < -0.39 is 11.7 Å². The zero-order valence-corrected chi connectivity index (χ0v) is 18.2. The lowest BCUT2D eigenvalue weighted by atomic mass is 10.1. The number of pyridine rings is 1. The van der Waals surface area contributed by atoms with Gasteiger partial charge in [0.05, 0.1) is 17.8 Å². The third kappa shape index (κ3) is 5.75. The molecule has 0 aliphatic carbocycles. The van der Waals surface area contributed by atoms with Gasteiger partial charge in [-0.1, -0.05) is 30.0 Å². The fraction of sp³-hybridized carbons (Fsp3) is 0.154. The Morgan fingerprint density at radius 3 is 2.74 bits per heavy atom. The van der Waals surface area contributed by atoms with Crippen molar-refractivity contribution >= 4 is 11.6 Å². The molecule has 0 radical (unpaired) electrons. The number of carbonyl (C=O) groups excluding carboxylic acids is 1. The Morgan fingerprint density at radius 2 is 1.91 bits per heavy atom. The van der Waals surface area contributed by atoms with Crippen molar-refractivity contribution in [3.63, 3.8) is 0 Å². The van der Waals surface area contributed by atoms with Gasteiger partial charge in [0.15, 0.2) is 0 Å². The molecule has 4 rings (SSSR count). The fourth-order valence-corrected chi connectivity index (χ4v) is 3.26. The first-order valence-electron chi connectivity index (χ1n) is 10.4. The Kier molecular flexibility index (Phi) is 6.55. The molecule has 34 heavy (non-hydrogen) atoms. The van der Waals surface area contributed by atoms with E-state index in [0.29, 0.717) is 11.3 Å². The zero-order chi connectivity index (χ0) is 24.1. The van der Waals surface area contributed by atoms with Crippen molar-refractivity contribution in [2.24, 2.45) is 0 Å². The van der Waals surface area contributed by atoms with E-state index in [2.05, 4.69) is 22.1 Å². The lowest BCUT2D eigenvalue weighted by Gasteiger charge is -2.07. The average molecular weight is 463 g/mol. The number of aromatic nitrogens is 2. The predicted molar refractivity (Wildman–Crippen MR) is 121 cm³/mol. The van der Waals surface area contributed by atoms with Crippen LogP contribution in [0.5, 0.6) is 5.75 Å². The number of alkyl halides is 3. The molecular weight excluding hydrogens is 443 g/mol. The smallest absolute Gasteiger partial charge is 0.416 e. The molecule has 1 N–H and O–H groups in total. The van der Waals surface area contributed by atoms with Crippen LogP contribution in [0.1, 0.15) is 32.7 Å². The number of ether oxygens (including phenoxy) is 1. The quantitative estimate of drug-likeness (QED) is 0.423. The van der Waals surface area contributed by atoms with E-state index in [1.807, 2.05) is 35.9 Å². The second-order valence-corrected chi connectivity index (χ2v) is 7.58. The highest BCUT2D eigenvalue weighted by molar-refractivity contribution is 5.94. The Morgan fingerprint density at radius 1 is 1.09 bits per heavy atom. The Balaban J connectivity index is 1.33. The van der Waals surface area contributed by atoms with Crippen LogP contribution in [0.25, 0.3) is 5.65 Å². The van der Waals surface area contributed by atoms with E-state index in [1.165, 1.54) is 12.1 Å². The number of nitrogens with zero attached hydrogens (tertiary/aromatic N) is 2. The molecular formula is C26H20F3N3O2. The number of halogens is 3. The number of fused-ring (bicyclic) bond motifs is 1. The standard InChI is InChI=1S/C26H20F3N3O2/c1-18-10-11-24-31-22(16-32(24)15-18)17-34-23-9-3-7-20(14-23)25(33)30-12-4-6-19-5-2-8-21(13-19)26(27,28)29/h2-3,5,7-11,13-16H,12,17H2,1H3,(H,30,33). The van der Waals surface area contributed by atoms with Crippen molar-refractivity contribution in [2.75, 3.05) is 6.54 Å². The second kappa shape index (κ2) is 9.71. The zero-order valence-electron chi connectivity index (χ0n) is 18.2. The molecule has 4 aromatic rings. The molecule has 0 fully saturated rings. The lowest BCUT2D eigenvalue weighted by Crippen LogP contribution is -2.23. The molecule has 0 aliphatic heterocycles. The van der Waals surface area contributed by atoms with Crippen LogP contribution in [0, 0.1) is 18.8 Å². The van der Waals surface area contributed by atoms with Crippen LogP contribution in [0.15, 0.2) is 73.1 Å². The maximum atomic E-state index is 12.8. The van der Waals surface area contributed by atoms with Crippen LogP contribution < -0.4 is 10.1 Å². The molecule has 0 unspecified atom stereocenters. The summed E-state index contributed by atoms with van der Waals surface area (Å²) in [5.74, 6) is 5.44. The molecule has 1 amide bonds. The summed E-state index contributed by atoms with van der Waals surface area (Å²) in [6.07, 6.45) is -0.558. The Hall–Kier alpha value is -4.25. The molecule has 0 spiro atoms. The van der Waals surface area contributed by atoms with Crippen molar-refractivity contribution in [3.05, 3.63) is 101 Å². The number of aryl methyl sites for hydroxylation is 1. The number of nitrogens with one attached hydrogen (secondary N) is 1. The number of amides is 1. The van der Waals surface area contributed by atoms with E-state index >= 15 is 0 Å². The highest BCUT2D eigenvalue weighted by atomic mass is 19.4. The maximum absolute atomic E-state index is 12.8. The molecule has 0 atom stereocenters. The number of rotatable bonds is 5. The third-order valence-corrected chi connectivity index (χ3v) is 4.89. The number of imidazole rings is 1. The summed E-state index contributed by atoms with van der Waals surface area (Å²) >= 11 is 0. The second-order valence-electron chi connectivity index (χ2n) is 7.58. The first kappa shape index (κ1) is 22.9. The van der Waals surface area contributed by atoms with Crippen LogP contribution in [0.3, 0.4) is 0 Å². The molecule has 0 aliphatic rings. The minimum Gasteiger partial charge on any atom is -0.487 e. The van der Waals surface area contributed by atoms with Crippen LogP contribution in [-0.4, -0.2) is 21.8 Å². The van der Waals surface area contributed by atoms with E-state index in [1.54, 1.807) is 24.3 Å². The maximum Gasteiger partial charge on any atom is 0.416 e. The van der Waals surface area contributed by atoms with Gasteiger partial charge in [0.25, 0.3) is 5.91 Å². The minimum atomic E-state index is -4.43. The Bertz CT molecular complexity index is 1400. The van der Waals surface area contributed by atoms with Gasteiger partial charge >= 0.3 is 6.18 Å². The van der Waals surface area contributed by atoms with Crippen molar-refractivity contribution < 1.29 is 22.7 Å². The molecule has 0 saturated heterocycles. The van der Waals surface area contributed by atoms with Gasteiger partial charge in [-0.2, -0.15) is 13.2 Å². The normalized spacial score (nSPS) is 11.1. The summed E-state index contributed by atoms with van der Waals surface area (Å²) in [5, 5.41) is 2.63. The van der Waals surface area contributed by atoms with Gasteiger partial charge in [0.1, 0.15) is 18.0 Å². The Labute approximate surface area is 194 Å². The molecule has 2 aromatic carbocycles. The molecule has 172 valence electrons. The molecule has 5 nitrogen and oxygen atoms in total. The fourth-order valence-electron chi connectivity index (χ4n) is 3.26. The van der Waals surface area contributed by atoms with Crippen molar-refractivity contribution in [1.29, 1.82) is 0 Å². The largest absolute Gasteiger partial charge is 0.487 e. The highest BCUT2D eigenvalue weighted by Crippen LogP contribution is 2.29. The molecule has 2 heterocycles. The third-order valence-electron chi connectivity index (χ3n) is 4.89. The van der Waals surface area contributed by atoms with Gasteiger partial charge in [0.2, 0.25) is 0 Å². The predicted octanol–water partition coefficient (Wildman–Crippen LogP) is 5.02. The summed E-state index contributed by atoms with van der Waals surface area (Å²) in [7, 11) is 0. The van der Waals surface area contributed by atoms with Gasteiger partial charge < -0.3 is 14.5 Å². The molecule has 0 bridgehead atoms. The monoisotopic (exact) mass is 463 g/mol. The number of hydrogen-bond acceptors (Lipinski definition) is 3. The minimum absolute atomic E-state index is 0.0131. The van der Waals surface area contributed by atoms with E-state index in [-0.39, 0.29) is 24.6 Å². The summed E-state index contributed by atoms with van der Waals surface area (Å²) in [4.78, 5) is 16.9. The van der Waals surface area contributed by atoms with Gasteiger partial charge in [-0.05, 0) is 55.0 Å². The molecule has 8 heteroatoms. The summed E-state index contributed by atoms with van der Waals surface area (Å²) in [6.45, 7) is 2.23. The van der Waals surface area contributed by atoms with Crippen molar-refractivity contribution in [1.82, 2.24) is 14.7 Å². The van der Waals surface area contributed by atoms with Crippen molar-refractivity contribution in [2.45, 2.75) is 19.7 Å². The average Bonchev–Trinajstić information content (AvgIpc) is 3.22. The summed E-state index contributed by atoms with van der Waals surface area (Å²) in [5.41, 5.74) is 2.54. The van der Waals surface area contributed by atoms with E-state index in [0.717, 1.165) is 29.0 Å². The lowest BCUT2D eigenvalue weighted by molar-refractivity contribution is -0.137. The number of benzene rings is 2. The van der Waals surface area contributed by atoms with Crippen LogP contribution in [-0.2, 0) is 12.8 Å². The van der Waals surface area contributed by atoms with Crippen molar-refractivity contribution in [3.8, 4) is 17.6 Å². The first-order chi connectivity index (χ1) is 16.3. The SMILES string of the molecule is Cc1ccc2nc(COc3cccc(C(=O)NCC#Cc4cccc(C(F)(F)F)c4)c3)cn2c1. The van der Waals surface area contributed by atoms with E-state index in [4.69, 9.17) is 4.74 Å². The number of carbonyl (C=O) groups is 1. The van der Waals surface area contributed by atoms with Crippen LogP contribution in [0.2, 0.25) is 0 Å². The van der Waals surface area contributed by atoms with Gasteiger partial charge in [-0.3, -0.25) is 4.79 Å². The topological polar surface area (TPSA) is 55.6 Å². The molecule has 0 saturated carbocycles. The van der Waals surface area contributed by atoms with Gasteiger partial charge in [-0.25, -0.2) is 4.98 Å². The highest BCUT2D eigenvalue weighted by Gasteiger charge is 2.30. The van der Waals surface area contributed by atoms with E-state index in [9.17, 15) is 18.0 Å². The van der Waals surface area contributed by atoms with Gasteiger partial charge in [0, 0.05) is 23.5 Å². The van der Waals surface area contributed by atoms with Crippen LogP contribution in [0.4, 0.5) is 13.2 Å². The summed E-state index contributed by atoms with van der Waals surface area (Å²) in [6, 6.07) is 15.3. The molecule has 2 aromatic heterocycles. The number of hydrogen-bond donors (Lipinski definition) is 1. The van der Waals surface area contributed by atoms with Gasteiger partial charge in [-0.15, -0.1) is 0 Å². The van der Waals surface area contributed by atoms with Crippen LogP contribution >= 0.6 is 0 Å². The first-order valence-corrected chi connectivity index (χ1v) is 10.4.